The van der Waals surface area contributed by atoms with Crippen LogP contribution in [0.5, 0.6) is 0 Å². The smallest absolute Gasteiger partial charge is 0.333 e. The Labute approximate surface area is 161 Å². The summed E-state index contributed by atoms with van der Waals surface area (Å²) in [6.07, 6.45) is 2.64. The van der Waals surface area contributed by atoms with Crippen LogP contribution in [0.3, 0.4) is 0 Å². The summed E-state index contributed by atoms with van der Waals surface area (Å²) in [5, 5.41) is 0. The first-order valence-corrected chi connectivity index (χ1v) is 8.59. The molecule has 0 bridgehead atoms. The van der Waals surface area contributed by atoms with Crippen LogP contribution in [0.15, 0.2) is 84.5 Å². The van der Waals surface area contributed by atoms with Crippen LogP contribution >= 0.6 is 0 Å². The summed E-state index contributed by atoms with van der Waals surface area (Å²) >= 11 is 0. The maximum Gasteiger partial charge on any atom is 0.333 e. The van der Waals surface area contributed by atoms with Crippen LogP contribution in [0, 0.1) is 0 Å². The van der Waals surface area contributed by atoms with Crippen LogP contribution in [-0.2, 0) is 32.1 Å². The van der Waals surface area contributed by atoms with Crippen LogP contribution in [0.4, 0.5) is 0 Å². The van der Waals surface area contributed by atoms with Gasteiger partial charge in [0.1, 0.15) is 6.61 Å². The van der Waals surface area contributed by atoms with Crippen molar-refractivity contribution in [1.29, 1.82) is 0 Å². The molecule has 27 heavy (non-hydrogen) atoms. The Morgan fingerprint density at radius 2 is 1.41 bits per heavy atom. The van der Waals surface area contributed by atoms with Crippen molar-refractivity contribution >= 4 is 11.9 Å². The molecule has 0 amide bonds. The molecule has 0 atom stereocenters. The fourth-order valence-electron chi connectivity index (χ4n) is 1.98. The standard InChI is InChI=1S/C12H14O2.C11H12O2/c1-10(12(13)14-2)8-9-11-6-4-3-5-7-11;1-9(2)11(12)13-8-10-6-4-3-5-7-10/h3-8H,9H2,1-2H3;3-7H,1,8H2,2H3. The fourth-order valence-corrected chi connectivity index (χ4v) is 1.98. The number of rotatable bonds is 6. The van der Waals surface area contributed by atoms with Gasteiger partial charge >= 0.3 is 11.9 Å². The lowest BCUT2D eigenvalue weighted by Gasteiger charge is -2.03. The first kappa shape index (κ1) is 21.9. The van der Waals surface area contributed by atoms with Crippen LogP contribution in [0.25, 0.3) is 0 Å². The average Bonchev–Trinajstić information content (AvgIpc) is 2.71. The van der Waals surface area contributed by atoms with E-state index >= 15 is 0 Å². The maximum atomic E-state index is 11.0. The molecule has 4 heteroatoms. The number of carbonyl (C=O) groups excluding carboxylic acids is 2. The van der Waals surface area contributed by atoms with E-state index in [0.717, 1.165) is 12.0 Å². The zero-order chi connectivity index (χ0) is 20.1. The Bertz CT molecular complexity index is 761. The minimum Gasteiger partial charge on any atom is -0.466 e. The molecular weight excluding hydrogens is 340 g/mol. The molecule has 0 spiro atoms. The summed E-state index contributed by atoms with van der Waals surface area (Å²) in [6.45, 7) is 7.20. The van der Waals surface area contributed by atoms with Crippen molar-refractivity contribution in [2.24, 2.45) is 0 Å². The molecule has 2 aromatic carbocycles. The van der Waals surface area contributed by atoms with E-state index in [1.165, 1.54) is 12.7 Å². The summed E-state index contributed by atoms with van der Waals surface area (Å²) in [7, 11) is 1.39. The van der Waals surface area contributed by atoms with E-state index < -0.39 is 0 Å². The second-order valence-electron chi connectivity index (χ2n) is 5.91. The van der Waals surface area contributed by atoms with Crippen LogP contribution in [0.1, 0.15) is 25.0 Å². The number of hydrogen-bond acceptors (Lipinski definition) is 4. The fraction of sp³-hybridized carbons (Fsp3) is 0.217. The number of allylic oxidation sites excluding steroid dienone is 1. The molecule has 2 rings (SSSR count). The van der Waals surface area contributed by atoms with Crippen LogP contribution < -0.4 is 0 Å². The van der Waals surface area contributed by atoms with E-state index in [4.69, 9.17) is 4.74 Å². The number of esters is 2. The molecule has 0 unspecified atom stereocenters. The van der Waals surface area contributed by atoms with Gasteiger partial charge in [0, 0.05) is 11.1 Å². The Morgan fingerprint density at radius 3 is 1.89 bits per heavy atom. The number of carbonyl (C=O) groups is 2. The Balaban J connectivity index is 0.000000271. The Hall–Kier alpha value is -3.14. The summed E-state index contributed by atoms with van der Waals surface area (Å²) in [5.74, 6) is -0.607. The minimum atomic E-state index is -0.344. The maximum absolute atomic E-state index is 11.0. The van der Waals surface area contributed by atoms with Gasteiger partial charge in [0.05, 0.1) is 7.11 Å². The number of hydrogen-bond donors (Lipinski definition) is 0. The molecule has 2 aromatic rings. The highest BCUT2D eigenvalue weighted by Crippen LogP contribution is 2.04. The first-order chi connectivity index (χ1) is 12.9. The summed E-state index contributed by atoms with van der Waals surface area (Å²) in [6, 6.07) is 19.5. The lowest BCUT2D eigenvalue weighted by atomic mass is 10.1. The van der Waals surface area contributed by atoms with Gasteiger partial charge in [-0.05, 0) is 31.4 Å². The number of benzene rings is 2. The van der Waals surface area contributed by atoms with E-state index in [1.54, 1.807) is 13.8 Å². The second-order valence-corrected chi connectivity index (χ2v) is 5.91. The zero-order valence-electron chi connectivity index (χ0n) is 16.1. The molecule has 0 fully saturated rings. The van der Waals surface area contributed by atoms with Crippen molar-refractivity contribution < 1.29 is 19.1 Å². The van der Waals surface area contributed by atoms with Gasteiger partial charge in [-0.1, -0.05) is 73.3 Å². The van der Waals surface area contributed by atoms with E-state index in [1.807, 2.05) is 66.7 Å². The molecule has 142 valence electrons. The van der Waals surface area contributed by atoms with Crippen LogP contribution in [0.2, 0.25) is 0 Å². The topological polar surface area (TPSA) is 52.6 Å². The Kier molecular flexibility index (Phi) is 9.94. The molecular formula is C23H26O4. The molecule has 0 N–H and O–H groups in total. The third-order valence-electron chi connectivity index (χ3n) is 3.56. The van der Waals surface area contributed by atoms with Gasteiger partial charge in [-0.3, -0.25) is 0 Å². The molecule has 0 aromatic heterocycles. The number of methoxy groups -OCH3 is 1. The third kappa shape index (κ3) is 9.21. The Morgan fingerprint density at radius 1 is 0.889 bits per heavy atom. The van der Waals surface area contributed by atoms with Gasteiger partial charge in [-0.15, -0.1) is 0 Å². The van der Waals surface area contributed by atoms with Crippen molar-refractivity contribution in [2.45, 2.75) is 26.9 Å². The van der Waals surface area contributed by atoms with E-state index in [-0.39, 0.29) is 11.9 Å². The van der Waals surface area contributed by atoms with Gasteiger partial charge in [0.15, 0.2) is 0 Å². The predicted molar refractivity (Wildman–Crippen MR) is 107 cm³/mol. The first-order valence-electron chi connectivity index (χ1n) is 8.59. The van der Waals surface area contributed by atoms with Crippen molar-refractivity contribution in [3.8, 4) is 0 Å². The van der Waals surface area contributed by atoms with Gasteiger partial charge < -0.3 is 9.47 Å². The third-order valence-corrected chi connectivity index (χ3v) is 3.56. The van der Waals surface area contributed by atoms with E-state index in [9.17, 15) is 9.59 Å². The van der Waals surface area contributed by atoms with Gasteiger partial charge in [-0.25, -0.2) is 9.59 Å². The SMILES string of the molecule is C=C(C)C(=O)OCc1ccccc1.COC(=O)C(C)=CCc1ccccc1. The molecule has 0 aliphatic rings. The quantitative estimate of drug-likeness (QED) is 0.551. The van der Waals surface area contributed by atoms with E-state index in [0.29, 0.717) is 17.8 Å². The highest BCUT2D eigenvalue weighted by Gasteiger charge is 2.02. The largest absolute Gasteiger partial charge is 0.466 e. The van der Waals surface area contributed by atoms with Crippen molar-refractivity contribution in [3.05, 3.63) is 95.6 Å². The summed E-state index contributed by atoms with van der Waals surface area (Å²) in [5.41, 5.74) is 3.25. The lowest BCUT2D eigenvalue weighted by molar-refractivity contribution is -0.140. The molecule has 0 aliphatic heterocycles. The van der Waals surface area contributed by atoms with Crippen molar-refractivity contribution in [1.82, 2.24) is 0 Å². The summed E-state index contributed by atoms with van der Waals surface area (Å²) in [4.78, 5) is 22.0. The van der Waals surface area contributed by atoms with Gasteiger partial charge in [-0.2, -0.15) is 0 Å². The summed E-state index contributed by atoms with van der Waals surface area (Å²) < 4.78 is 9.54. The lowest BCUT2D eigenvalue weighted by Crippen LogP contribution is -2.04. The molecule has 4 nitrogen and oxygen atoms in total. The molecule has 0 radical (unpaired) electrons. The highest BCUT2D eigenvalue weighted by molar-refractivity contribution is 5.87. The molecule has 0 saturated heterocycles. The van der Waals surface area contributed by atoms with Crippen molar-refractivity contribution in [3.63, 3.8) is 0 Å². The van der Waals surface area contributed by atoms with Crippen LogP contribution in [-0.4, -0.2) is 19.0 Å². The monoisotopic (exact) mass is 366 g/mol. The average molecular weight is 366 g/mol. The highest BCUT2D eigenvalue weighted by atomic mass is 16.5. The molecule has 0 saturated carbocycles. The second kappa shape index (κ2) is 12.3. The number of ether oxygens (including phenoxy) is 2. The van der Waals surface area contributed by atoms with Gasteiger partial charge in [0.2, 0.25) is 0 Å². The predicted octanol–water partition coefficient (Wildman–Crippen LogP) is 4.65. The molecule has 0 heterocycles. The normalized spacial score (nSPS) is 10.3. The van der Waals surface area contributed by atoms with E-state index in [2.05, 4.69) is 11.3 Å². The van der Waals surface area contributed by atoms with Gasteiger partial charge in [0.25, 0.3) is 0 Å². The minimum absolute atomic E-state index is 0.263. The van der Waals surface area contributed by atoms with Crippen molar-refractivity contribution in [2.75, 3.05) is 7.11 Å². The zero-order valence-corrected chi connectivity index (χ0v) is 16.1. The molecule has 0 aliphatic carbocycles.